The third kappa shape index (κ3) is 5.76. The van der Waals surface area contributed by atoms with Crippen LogP contribution in [0.5, 0.6) is 0 Å². The second-order valence-electron chi connectivity index (χ2n) is 10.4. The molecule has 200 valence electrons. The molecule has 3 aromatic rings. The maximum atomic E-state index is 13.0. The molecule has 0 bridgehead atoms. The summed E-state index contributed by atoms with van der Waals surface area (Å²) in [5.74, 6) is 0.458. The first-order chi connectivity index (χ1) is 19.0. The highest BCUT2D eigenvalue weighted by Gasteiger charge is 2.46. The van der Waals surface area contributed by atoms with Gasteiger partial charge >= 0.3 is 0 Å². The number of nitrogens with zero attached hydrogens (tertiary/aromatic N) is 8. The molecule has 10 nitrogen and oxygen atoms in total. The Hall–Kier alpha value is -4.28. The molecule has 5 rings (SSSR count). The van der Waals surface area contributed by atoms with Crippen molar-refractivity contribution in [2.45, 2.75) is 44.6 Å². The van der Waals surface area contributed by atoms with Gasteiger partial charge < -0.3 is 10.2 Å². The lowest BCUT2D eigenvalue weighted by atomic mass is 9.67. The van der Waals surface area contributed by atoms with E-state index in [0.717, 1.165) is 44.0 Å². The zero-order valence-electron chi connectivity index (χ0n) is 22.3. The molecule has 0 unspecified atom stereocenters. The number of hydrogen-bond acceptors (Lipinski definition) is 8. The standard InChI is InChI=1S/C29H33N9O/c1-2-3-12-36-13-15-37(16-14-36)27(39)23-4-6-25(7-5-23)34-28-32-11-8-26(35-28)24-20-33-38(21-24)29(9-10-30)17-22(18-29)19-31/h4-8,11,20-22H,2-3,9,12-18H2,1H3,(H,32,34,35). The van der Waals surface area contributed by atoms with Gasteiger partial charge in [-0.25, -0.2) is 9.97 Å². The molecule has 0 atom stereocenters. The minimum absolute atomic E-state index is 0.0386. The second-order valence-corrected chi connectivity index (χ2v) is 10.4. The molecule has 3 heterocycles. The quantitative estimate of drug-likeness (QED) is 0.442. The number of benzene rings is 1. The van der Waals surface area contributed by atoms with Gasteiger partial charge in [0.25, 0.3) is 5.91 Å². The lowest BCUT2D eigenvalue weighted by molar-refractivity contribution is 0.0635. The summed E-state index contributed by atoms with van der Waals surface area (Å²) in [7, 11) is 0. The predicted molar refractivity (Wildman–Crippen MR) is 147 cm³/mol. The van der Waals surface area contributed by atoms with Crippen molar-refractivity contribution in [2.75, 3.05) is 38.0 Å². The first kappa shape index (κ1) is 26.3. The van der Waals surface area contributed by atoms with E-state index in [9.17, 15) is 15.3 Å². The molecule has 1 saturated carbocycles. The van der Waals surface area contributed by atoms with Crippen LogP contribution >= 0.6 is 0 Å². The fraction of sp³-hybridized carbons (Fsp3) is 0.448. The Morgan fingerprint density at radius 2 is 1.90 bits per heavy atom. The van der Waals surface area contributed by atoms with Crippen molar-refractivity contribution in [3.05, 3.63) is 54.5 Å². The van der Waals surface area contributed by atoms with E-state index in [1.165, 1.54) is 12.8 Å². The van der Waals surface area contributed by atoms with E-state index in [2.05, 4.69) is 44.3 Å². The Morgan fingerprint density at radius 3 is 2.59 bits per heavy atom. The Labute approximate surface area is 228 Å². The monoisotopic (exact) mass is 523 g/mol. The molecule has 10 heteroatoms. The second kappa shape index (κ2) is 11.6. The fourth-order valence-electron chi connectivity index (χ4n) is 5.37. The summed E-state index contributed by atoms with van der Waals surface area (Å²) in [6.07, 6.45) is 9.26. The molecule has 1 N–H and O–H groups in total. The van der Waals surface area contributed by atoms with Crippen molar-refractivity contribution < 1.29 is 4.79 Å². The summed E-state index contributed by atoms with van der Waals surface area (Å²) in [4.78, 5) is 26.3. The minimum Gasteiger partial charge on any atom is -0.336 e. The van der Waals surface area contributed by atoms with E-state index >= 15 is 0 Å². The maximum Gasteiger partial charge on any atom is 0.253 e. The van der Waals surface area contributed by atoms with Gasteiger partial charge in [0.05, 0.1) is 41.9 Å². The number of carbonyl (C=O) groups excluding carboxylic acids is 1. The summed E-state index contributed by atoms with van der Waals surface area (Å²) in [6.45, 7) is 6.68. The van der Waals surface area contributed by atoms with Gasteiger partial charge in [0.2, 0.25) is 5.95 Å². The largest absolute Gasteiger partial charge is 0.336 e. The van der Waals surface area contributed by atoms with Gasteiger partial charge in [-0.2, -0.15) is 15.6 Å². The SMILES string of the molecule is CCCCN1CCN(C(=O)c2ccc(Nc3nccc(-c4cnn(C5(CC#N)CC(C#N)C5)c4)n3)cc2)CC1. The van der Waals surface area contributed by atoms with Gasteiger partial charge in [0, 0.05) is 55.4 Å². The smallest absolute Gasteiger partial charge is 0.253 e. The zero-order chi connectivity index (χ0) is 27.2. The van der Waals surface area contributed by atoms with Crippen molar-refractivity contribution in [3.8, 4) is 23.4 Å². The molecule has 2 aliphatic rings. The Balaban J connectivity index is 1.21. The van der Waals surface area contributed by atoms with E-state index in [0.29, 0.717) is 36.5 Å². The summed E-state index contributed by atoms with van der Waals surface area (Å²) >= 11 is 0. The van der Waals surface area contributed by atoms with E-state index in [1.54, 1.807) is 12.4 Å². The molecule has 39 heavy (non-hydrogen) atoms. The number of nitrogens with one attached hydrogen (secondary N) is 1. The van der Waals surface area contributed by atoms with Crippen LogP contribution in [0.25, 0.3) is 11.3 Å². The molecular weight excluding hydrogens is 490 g/mol. The number of hydrogen-bond donors (Lipinski definition) is 1. The predicted octanol–water partition coefficient (Wildman–Crippen LogP) is 4.18. The number of unbranched alkanes of at least 4 members (excludes halogenated alkanes) is 1. The third-order valence-corrected chi connectivity index (χ3v) is 7.74. The van der Waals surface area contributed by atoms with Crippen LogP contribution in [0.3, 0.4) is 0 Å². The van der Waals surface area contributed by atoms with Crippen molar-refractivity contribution in [3.63, 3.8) is 0 Å². The summed E-state index contributed by atoms with van der Waals surface area (Å²) < 4.78 is 1.81. The Morgan fingerprint density at radius 1 is 1.13 bits per heavy atom. The molecule has 0 radical (unpaired) electrons. The number of carbonyl (C=O) groups is 1. The normalized spacial score (nSPS) is 21.0. The van der Waals surface area contributed by atoms with Crippen molar-refractivity contribution in [2.24, 2.45) is 5.92 Å². The van der Waals surface area contributed by atoms with Gasteiger partial charge in [0.15, 0.2) is 0 Å². The van der Waals surface area contributed by atoms with Gasteiger partial charge in [0.1, 0.15) is 0 Å². The van der Waals surface area contributed by atoms with Crippen LogP contribution in [0.15, 0.2) is 48.9 Å². The summed E-state index contributed by atoms with van der Waals surface area (Å²) in [5.41, 5.74) is 2.55. The number of nitriles is 2. The van der Waals surface area contributed by atoms with E-state index in [-0.39, 0.29) is 11.8 Å². The highest BCUT2D eigenvalue weighted by atomic mass is 16.2. The van der Waals surface area contributed by atoms with Crippen molar-refractivity contribution in [1.82, 2.24) is 29.5 Å². The molecular formula is C29H33N9O. The van der Waals surface area contributed by atoms with Crippen LogP contribution in [-0.2, 0) is 5.54 Å². The Kier molecular flexibility index (Phi) is 7.85. The molecule has 1 amide bonds. The van der Waals surface area contributed by atoms with Crippen molar-refractivity contribution in [1.29, 1.82) is 10.5 Å². The number of piperazine rings is 1. The highest BCUT2D eigenvalue weighted by Crippen LogP contribution is 2.46. The fourth-order valence-corrected chi connectivity index (χ4v) is 5.37. The maximum absolute atomic E-state index is 13.0. The topological polar surface area (TPSA) is 127 Å². The lowest BCUT2D eigenvalue weighted by Crippen LogP contribution is -2.48. The molecule has 1 aliphatic heterocycles. The van der Waals surface area contributed by atoms with E-state index in [4.69, 9.17) is 0 Å². The van der Waals surface area contributed by atoms with Crippen LogP contribution < -0.4 is 5.32 Å². The number of amides is 1. The average Bonchev–Trinajstić information content (AvgIpc) is 3.45. The van der Waals surface area contributed by atoms with E-state index in [1.807, 2.05) is 46.1 Å². The van der Waals surface area contributed by atoms with E-state index < -0.39 is 5.54 Å². The molecule has 2 fully saturated rings. The van der Waals surface area contributed by atoms with Crippen LogP contribution in [0.1, 0.15) is 49.4 Å². The molecule has 1 saturated heterocycles. The van der Waals surface area contributed by atoms with Crippen LogP contribution in [0.4, 0.5) is 11.6 Å². The minimum atomic E-state index is -0.427. The van der Waals surface area contributed by atoms with Crippen LogP contribution in [0, 0.1) is 28.6 Å². The van der Waals surface area contributed by atoms with Crippen molar-refractivity contribution >= 4 is 17.5 Å². The highest BCUT2D eigenvalue weighted by molar-refractivity contribution is 5.94. The average molecular weight is 524 g/mol. The summed E-state index contributed by atoms with van der Waals surface area (Å²) in [6, 6.07) is 13.8. The molecule has 1 aromatic carbocycles. The third-order valence-electron chi connectivity index (χ3n) is 7.74. The number of rotatable bonds is 9. The number of aromatic nitrogens is 4. The zero-order valence-corrected chi connectivity index (χ0v) is 22.3. The molecule has 1 aliphatic carbocycles. The number of anilines is 2. The van der Waals surface area contributed by atoms with Gasteiger partial charge in [-0.1, -0.05) is 13.3 Å². The van der Waals surface area contributed by atoms with Crippen LogP contribution in [-0.4, -0.2) is 68.2 Å². The van der Waals surface area contributed by atoms with Gasteiger partial charge in [-0.15, -0.1) is 0 Å². The first-order valence-corrected chi connectivity index (χ1v) is 13.6. The summed E-state index contributed by atoms with van der Waals surface area (Å²) in [5, 5.41) is 26.2. The molecule has 2 aromatic heterocycles. The first-order valence-electron chi connectivity index (χ1n) is 13.6. The van der Waals surface area contributed by atoms with Gasteiger partial charge in [-0.05, 0) is 56.1 Å². The molecule has 0 spiro atoms. The van der Waals surface area contributed by atoms with Crippen LogP contribution in [0.2, 0.25) is 0 Å². The Bertz CT molecular complexity index is 1370. The lowest BCUT2D eigenvalue weighted by Gasteiger charge is -2.43. The van der Waals surface area contributed by atoms with Gasteiger partial charge in [-0.3, -0.25) is 14.4 Å².